The Bertz CT molecular complexity index is 354. The first-order valence-corrected chi connectivity index (χ1v) is 4.73. The van der Waals surface area contributed by atoms with E-state index in [1.165, 1.54) is 18.2 Å². The molecule has 0 saturated carbocycles. The summed E-state index contributed by atoms with van der Waals surface area (Å²) in [6, 6.07) is 4.60. The van der Waals surface area contributed by atoms with Gasteiger partial charge in [0, 0.05) is 10.0 Å². The van der Waals surface area contributed by atoms with E-state index in [1.807, 2.05) is 0 Å². The van der Waals surface area contributed by atoms with Crippen LogP contribution < -0.4 is 0 Å². The molecule has 0 aliphatic carbocycles. The van der Waals surface area contributed by atoms with Gasteiger partial charge in [-0.25, -0.2) is 4.39 Å². The first kappa shape index (κ1) is 10.9. The largest absolute Gasteiger partial charge is 0.481 e. The fourth-order valence-corrected chi connectivity index (χ4v) is 1.42. The molecule has 0 atom stereocenters. The summed E-state index contributed by atoms with van der Waals surface area (Å²) >= 11 is 3.18. The van der Waals surface area contributed by atoms with Crippen LogP contribution >= 0.6 is 15.9 Å². The maximum atomic E-state index is 13.1. The van der Waals surface area contributed by atoms with Crippen molar-refractivity contribution in [1.29, 1.82) is 0 Å². The average Bonchev–Trinajstić information content (AvgIpc) is 2.09. The van der Waals surface area contributed by atoms with Crippen molar-refractivity contribution in [3.63, 3.8) is 0 Å². The van der Waals surface area contributed by atoms with Crippen LogP contribution in [-0.4, -0.2) is 11.1 Å². The van der Waals surface area contributed by atoms with Gasteiger partial charge in [0.25, 0.3) is 0 Å². The van der Waals surface area contributed by atoms with Gasteiger partial charge in [0.15, 0.2) is 0 Å². The summed E-state index contributed by atoms with van der Waals surface area (Å²) in [6.07, 6.45) is 2.75. The van der Waals surface area contributed by atoms with Crippen LogP contribution in [0.3, 0.4) is 0 Å². The lowest BCUT2D eigenvalue weighted by molar-refractivity contribution is -0.135. The van der Waals surface area contributed by atoms with Crippen LogP contribution in [0.1, 0.15) is 12.0 Å². The van der Waals surface area contributed by atoms with Gasteiger partial charge < -0.3 is 5.11 Å². The van der Waals surface area contributed by atoms with Crippen molar-refractivity contribution < 1.29 is 14.3 Å². The van der Waals surface area contributed by atoms with Gasteiger partial charge in [-0.3, -0.25) is 4.79 Å². The lowest BCUT2D eigenvalue weighted by Gasteiger charge is -1.98. The predicted molar refractivity (Wildman–Crippen MR) is 55.4 cm³/mol. The Morgan fingerprint density at radius 1 is 1.57 bits per heavy atom. The molecule has 0 heterocycles. The number of hydrogen-bond acceptors (Lipinski definition) is 1. The highest BCUT2D eigenvalue weighted by Gasteiger charge is 2.02. The topological polar surface area (TPSA) is 37.3 Å². The first-order valence-electron chi connectivity index (χ1n) is 3.93. The van der Waals surface area contributed by atoms with E-state index >= 15 is 0 Å². The number of halogens is 2. The molecule has 0 fully saturated rings. The van der Waals surface area contributed by atoms with E-state index in [1.54, 1.807) is 12.1 Å². The molecular formula is C10H8BrFO2. The Morgan fingerprint density at radius 3 is 2.86 bits per heavy atom. The third-order valence-electron chi connectivity index (χ3n) is 1.58. The van der Waals surface area contributed by atoms with Crippen molar-refractivity contribution in [2.24, 2.45) is 0 Å². The maximum absolute atomic E-state index is 13.1. The van der Waals surface area contributed by atoms with E-state index in [4.69, 9.17) is 5.11 Å². The van der Waals surface area contributed by atoms with Crippen LogP contribution in [0.4, 0.5) is 4.39 Å². The van der Waals surface area contributed by atoms with E-state index in [-0.39, 0.29) is 12.2 Å². The summed E-state index contributed by atoms with van der Waals surface area (Å²) in [6.45, 7) is 0. The Hall–Kier alpha value is -1.16. The standard InChI is InChI=1S/C10H8BrFO2/c11-8-4-2-5-9(12)7(8)3-1-6-10(13)14/h1-5H,6H2,(H,13,14). The van der Waals surface area contributed by atoms with Crippen LogP contribution in [-0.2, 0) is 4.79 Å². The predicted octanol–water partition coefficient (Wildman–Crippen LogP) is 3.08. The van der Waals surface area contributed by atoms with Crippen LogP contribution in [0.25, 0.3) is 6.08 Å². The number of carboxylic acid groups (broad SMARTS) is 1. The maximum Gasteiger partial charge on any atom is 0.307 e. The molecule has 14 heavy (non-hydrogen) atoms. The molecule has 0 aliphatic rings. The van der Waals surface area contributed by atoms with E-state index in [0.29, 0.717) is 10.0 Å². The Balaban J connectivity index is 2.85. The first-order chi connectivity index (χ1) is 6.61. The van der Waals surface area contributed by atoms with Crippen molar-refractivity contribution >= 4 is 28.0 Å². The minimum Gasteiger partial charge on any atom is -0.481 e. The molecule has 1 aromatic rings. The van der Waals surface area contributed by atoms with Crippen molar-refractivity contribution in [3.8, 4) is 0 Å². The molecule has 0 amide bonds. The second-order valence-electron chi connectivity index (χ2n) is 2.64. The number of benzene rings is 1. The van der Waals surface area contributed by atoms with Gasteiger partial charge in [0.05, 0.1) is 6.42 Å². The van der Waals surface area contributed by atoms with Gasteiger partial charge in [-0.05, 0) is 12.1 Å². The molecule has 2 nitrogen and oxygen atoms in total. The van der Waals surface area contributed by atoms with Gasteiger partial charge in [-0.2, -0.15) is 0 Å². The van der Waals surface area contributed by atoms with Gasteiger partial charge in [0.1, 0.15) is 5.82 Å². The number of aliphatic carboxylic acids is 1. The molecular weight excluding hydrogens is 251 g/mol. The molecule has 0 aromatic heterocycles. The van der Waals surface area contributed by atoms with E-state index < -0.39 is 5.97 Å². The molecule has 0 spiro atoms. The summed E-state index contributed by atoms with van der Waals surface area (Å²) < 4.78 is 13.8. The minimum atomic E-state index is -0.936. The molecule has 0 saturated heterocycles. The third kappa shape index (κ3) is 2.96. The summed E-state index contributed by atoms with van der Waals surface area (Å²) in [5.74, 6) is -1.31. The molecule has 4 heteroatoms. The van der Waals surface area contributed by atoms with Crippen LogP contribution in [0.15, 0.2) is 28.7 Å². The van der Waals surface area contributed by atoms with Crippen molar-refractivity contribution in [2.75, 3.05) is 0 Å². The summed E-state index contributed by atoms with van der Waals surface area (Å²) in [5.41, 5.74) is 0.369. The molecule has 0 unspecified atom stereocenters. The lowest BCUT2D eigenvalue weighted by atomic mass is 10.2. The molecule has 74 valence electrons. The normalized spacial score (nSPS) is 10.7. The van der Waals surface area contributed by atoms with Gasteiger partial charge in [0.2, 0.25) is 0 Å². The molecule has 1 rings (SSSR count). The highest BCUT2D eigenvalue weighted by Crippen LogP contribution is 2.20. The van der Waals surface area contributed by atoms with Crippen molar-refractivity contribution in [2.45, 2.75) is 6.42 Å². The Morgan fingerprint density at radius 2 is 2.29 bits per heavy atom. The highest BCUT2D eigenvalue weighted by atomic mass is 79.9. The Labute approximate surface area is 89.2 Å². The third-order valence-corrected chi connectivity index (χ3v) is 2.27. The summed E-state index contributed by atoms with van der Waals surface area (Å²) in [5, 5.41) is 8.37. The van der Waals surface area contributed by atoms with Crippen molar-refractivity contribution in [1.82, 2.24) is 0 Å². The summed E-state index contributed by atoms with van der Waals surface area (Å²) in [7, 11) is 0. The smallest absolute Gasteiger partial charge is 0.307 e. The van der Waals surface area contributed by atoms with Crippen molar-refractivity contribution in [3.05, 3.63) is 40.1 Å². The highest BCUT2D eigenvalue weighted by molar-refractivity contribution is 9.10. The van der Waals surface area contributed by atoms with Crippen LogP contribution in [0, 0.1) is 5.82 Å². The average molecular weight is 259 g/mol. The number of hydrogen-bond donors (Lipinski definition) is 1. The molecule has 0 bridgehead atoms. The zero-order valence-corrected chi connectivity index (χ0v) is 8.79. The molecule has 0 radical (unpaired) electrons. The van der Waals surface area contributed by atoms with E-state index in [0.717, 1.165) is 0 Å². The lowest BCUT2D eigenvalue weighted by Crippen LogP contribution is -1.90. The molecule has 0 aliphatic heterocycles. The van der Waals surface area contributed by atoms with E-state index in [2.05, 4.69) is 15.9 Å². The Kier molecular flexibility index (Phi) is 3.83. The second kappa shape index (κ2) is 4.91. The van der Waals surface area contributed by atoms with E-state index in [9.17, 15) is 9.18 Å². The number of carbonyl (C=O) groups is 1. The van der Waals surface area contributed by atoms with Gasteiger partial charge in [-0.15, -0.1) is 0 Å². The quantitative estimate of drug-likeness (QED) is 0.905. The van der Waals surface area contributed by atoms with Crippen LogP contribution in [0.2, 0.25) is 0 Å². The molecule has 1 N–H and O–H groups in total. The second-order valence-corrected chi connectivity index (χ2v) is 3.49. The monoisotopic (exact) mass is 258 g/mol. The molecule has 1 aromatic carbocycles. The SMILES string of the molecule is O=C(O)CC=Cc1c(F)cccc1Br. The zero-order chi connectivity index (χ0) is 10.6. The van der Waals surface area contributed by atoms with Gasteiger partial charge >= 0.3 is 5.97 Å². The minimum absolute atomic E-state index is 0.110. The number of carboxylic acids is 1. The fraction of sp³-hybridized carbons (Fsp3) is 0.100. The van der Waals surface area contributed by atoms with Crippen LogP contribution in [0.5, 0.6) is 0 Å². The number of rotatable bonds is 3. The zero-order valence-electron chi connectivity index (χ0n) is 7.21. The fourth-order valence-electron chi connectivity index (χ4n) is 0.948. The summed E-state index contributed by atoms with van der Waals surface area (Å²) in [4.78, 5) is 10.2. The van der Waals surface area contributed by atoms with Gasteiger partial charge in [-0.1, -0.05) is 34.1 Å².